The molecular weight excluding hydrogens is 216 g/mol. The van der Waals surface area contributed by atoms with Crippen molar-refractivity contribution < 1.29 is 9.90 Å². The number of carbonyl (C=O) groups is 1. The third-order valence-corrected chi connectivity index (χ3v) is 4.75. The topological polar surface area (TPSA) is 75.3 Å². The van der Waals surface area contributed by atoms with E-state index in [1.165, 1.54) is 12.8 Å². The van der Waals surface area contributed by atoms with E-state index in [9.17, 15) is 4.79 Å². The van der Waals surface area contributed by atoms with Gasteiger partial charge < -0.3 is 16.2 Å². The van der Waals surface area contributed by atoms with E-state index in [-0.39, 0.29) is 11.1 Å². The van der Waals surface area contributed by atoms with E-state index in [1.807, 2.05) is 0 Å². The van der Waals surface area contributed by atoms with Gasteiger partial charge in [0.15, 0.2) is 0 Å². The van der Waals surface area contributed by atoms with E-state index in [4.69, 9.17) is 10.8 Å². The third kappa shape index (κ3) is 2.41. The number of amides is 1. The van der Waals surface area contributed by atoms with Crippen LogP contribution in [0, 0.1) is 0 Å². The number of hydrogen-bond acceptors (Lipinski definition) is 2. The average molecular weight is 240 g/mol. The number of hydrogen-bond donors (Lipinski definition) is 3. The molecule has 0 aromatic rings. The molecule has 2 aliphatic carbocycles. The van der Waals surface area contributed by atoms with Gasteiger partial charge in [0, 0.05) is 5.54 Å². The number of nitrogens with two attached hydrogens (primary N) is 1. The van der Waals surface area contributed by atoms with Crippen LogP contribution in [0.3, 0.4) is 0 Å². The van der Waals surface area contributed by atoms with Crippen LogP contribution in [0.1, 0.15) is 64.2 Å². The predicted molar refractivity (Wildman–Crippen MR) is 67.0 cm³/mol. The maximum atomic E-state index is 11.1. The summed E-state index contributed by atoms with van der Waals surface area (Å²) in [4.78, 5) is 11.1. The zero-order valence-corrected chi connectivity index (χ0v) is 10.5. The van der Waals surface area contributed by atoms with E-state index in [2.05, 4.69) is 5.32 Å². The quantitative estimate of drug-likeness (QED) is 0.694. The Bertz CT molecular complexity index is 279. The Morgan fingerprint density at radius 2 is 1.41 bits per heavy atom. The van der Waals surface area contributed by atoms with Gasteiger partial charge in [-0.25, -0.2) is 4.79 Å². The van der Waals surface area contributed by atoms with Crippen LogP contribution >= 0.6 is 0 Å². The lowest BCUT2D eigenvalue weighted by Crippen LogP contribution is -2.69. The highest BCUT2D eigenvalue weighted by Gasteiger charge is 2.50. The molecule has 0 atom stereocenters. The lowest BCUT2D eigenvalue weighted by molar-refractivity contribution is 0.0776. The van der Waals surface area contributed by atoms with Crippen LogP contribution in [0.15, 0.2) is 0 Å². The fourth-order valence-corrected chi connectivity index (χ4v) is 3.77. The minimum absolute atomic E-state index is 0.315. The highest BCUT2D eigenvalue weighted by Crippen LogP contribution is 2.43. The molecule has 98 valence electrons. The second-order valence-corrected chi connectivity index (χ2v) is 5.79. The summed E-state index contributed by atoms with van der Waals surface area (Å²) in [7, 11) is 0. The summed E-state index contributed by atoms with van der Waals surface area (Å²) in [5.74, 6) is 0. The first kappa shape index (κ1) is 12.7. The number of carboxylic acid groups (broad SMARTS) is 1. The van der Waals surface area contributed by atoms with Crippen molar-refractivity contribution in [1.82, 2.24) is 5.32 Å². The number of rotatable bonds is 2. The van der Waals surface area contributed by atoms with Crippen molar-refractivity contribution in [2.24, 2.45) is 5.73 Å². The van der Waals surface area contributed by atoms with Crippen LogP contribution in [-0.4, -0.2) is 22.3 Å². The standard InChI is InChI=1S/C13H24N2O2/c14-12(7-3-1-4-8-12)13(15-11(16)17)9-5-2-6-10-13/h15H,1-10,14H2,(H,16,17). The summed E-state index contributed by atoms with van der Waals surface area (Å²) in [6.45, 7) is 0. The van der Waals surface area contributed by atoms with Gasteiger partial charge in [-0.05, 0) is 25.7 Å². The molecule has 0 aromatic carbocycles. The van der Waals surface area contributed by atoms with Gasteiger partial charge in [0.1, 0.15) is 0 Å². The molecule has 0 aromatic heterocycles. The molecule has 0 bridgehead atoms. The first-order chi connectivity index (χ1) is 8.08. The van der Waals surface area contributed by atoms with Crippen LogP contribution in [0.25, 0.3) is 0 Å². The van der Waals surface area contributed by atoms with Crippen LogP contribution in [0.5, 0.6) is 0 Å². The van der Waals surface area contributed by atoms with Gasteiger partial charge in [0.25, 0.3) is 0 Å². The highest BCUT2D eigenvalue weighted by atomic mass is 16.4. The first-order valence-electron chi connectivity index (χ1n) is 6.88. The molecule has 4 heteroatoms. The van der Waals surface area contributed by atoms with Crippen molar-refractivity contribution in [2.75, 3.05) is 0 Å². The Kier molecular flexibility index (Phi) is 3.61. The molecule has 1 amide bonds. The molecule has 0 radical (unpaired) electrons. The number of nitrogens with one attached hydrogen (secondary N) is 1. The fourth-order valence-electron chi connectivity index (χ4n) is 3.77. The van der Waals surface area contributed by atoms with Crippen LogP contribution in [0.4, 0.5) is 4.79 Å². The zero-order chi connectivity index (χ0) is 12.4. The van der Waals surface area contributed by atoms with Crippen molar-refractivity contribution in [2.45, 2.75) is 75.3 Å². The normalized spacial score (nSPS) is 27.4. The van der Waals surface area contributed by atoms with Crippen molar-refractivity contribution in [1.29, 1.82) is 0 Å². The monoisotopic (exact) mass is 240 g/mol. The van der Waals surface area contributed by atoms with E-state index < -0.39 is 6.09 Å². The molecule has 0 aliphatic heterocycles. The Labute approximate surface area is 103 Å². The average Bonchev–Trinajstić information content (AvgIpc) is 2.30. The van der Waals surface area contributed by atoms with Gasteiger partial charge in [-0.15, -0.1) is 0 Å². The van der Waals surface area contributed by atoms with Crippen molar-refractivity contribution in [3.8, 4) is 0 Å². The second kappa shape index (κ2) is 4.84. The van der Waals surface area contributed by atoms with Gasteiger partial charge in [0.05, 0.1) is 5.54 Å². The smallest absolute Gasteiger partial charge is 0.405 e. The SMILES string of the molecule is NC1(C2(NC(=O)O)CCCCC2)CCCCC1. The van der Waals surface area contributed by atoms with Gasteiger partial charge in [-0.3, -0.25) is 0 Å². The third-order valence-electron chi connectivity index (χ3n) is 4.75. The van der Waals surface area contributed by atoms with Gasteiger partial charge in [-0.1, -0.05) is 38.5 Å². The highest BCUT2D eigenvalue weighted by molar-refractivity contribution is 5.66. The second-order valence-electron chi connectivity index (χ2n) is 5.79. The van der Waals surface area contributed by atoms with Gasteiger partial charge in [-0.2, -0.15) is 0 Å². The largest absolute Gasteiger partial charge is 0.465 e. The van der Waals surface area contributed by atoms with E-state index in [0.29, 0.717) is 0 Å². The van der Waals surface area contributed by atoms with Crippen molar-refractivity contribution in [3.05, 3.63) is 0 Å². The molecule has 4 nitrogen and oxygen atoms in total. The molecule has 0 unspecified atom stereocenters. The van der Waals surface area contributed by atoms with E-state index in [0.717, 1.165) is 51.4 Å². The van der Waals surface area contributed by atoms with E-state index >= 15 is 0 Å². The lowest BCUT2D eigenvalue weighted by atomic mass is 9.62. The first-order valence-corrected chi connectivity index (χ1v) is 6.88. The Morgan fingerprint density at radius 1 is 0.941 bits per heavy atom. The minimum atomic E-state index is -0.915. The summed E-state index contributed by atoms with van der Waals surface area (Å²) in [5, 5.41) is 11.9. The molecule has 0 spiro atoms. The summed E-state index contributed by atoms with van der Waals surface area (Å²) in [5.41, 5.74) is 5.91. The summed E-state index contributed by atoms with van der Waals surface area (Å²) >= 11 is 0. The van der Waals surface area contributed by atoms with E-state index in [1.54, 1.807) is 0 Å². The molecule has 2 rings (SSSR count). The lowest BCUT2D eigenvalue weighted by Gasteiger charge is -2.52. The predicted octanol–water partition coefficient (Wildman–Crippen LogP) is 2.62. The molecule has 0 saturated heterocycles. The van der Waals surface area contributed by atoms with Crippen LogP contribution in [0.2, 0.25) is 0 Å². The summed E-state index contributed by atoms with van der Waals surface area (Å²) < 4.78 is 0. The zero-order valence-electron chi connectivity index (χ0n) is 10.5. The molecule has 2 aliphatic rings. The van der Waals surface area contributed by atoms with Crippen molar-refractivity contribution >= 4 is 6.09 Å². The minimum Gasteiger partial charge on any atom is -0.465 e. The summed E-state index contributed by atoms with van der Waals surface area (Å²) in [6, 6.07) is 0. The molecule has 2 saturated carbocycles. The summed E-state index contributed by atoms with van der Waals surface area (Å²) in [6.07, 6.45) is 9.76. The van der Waals surface area contributed by atoms with Crippen LogP contribution < -0.4 is 11.1 Å². The Hall–Kier alpha value is -0.770. The molecular formula is C13H24N2O2. The maximum Gasteiger partial charge on any atom is 0.405 e. The maximum absolute atomic E-state index is 11.1. The van der Waals surface area contributed by atoms with Gasteiger partial charge in [0.2, 0.25) is 0 Å². The fraction of sp³-hybridized carbons (Fsp3) is 0.923. The Morgan fingerprint density at radius 3 is 1.88 bits per heavy atom. The molecule has 17 heavy (non-hydrogen) atoms. The van der Waals surface area contributed by atoms with Gasteiger partial charge >= 0.3 is 6.09 Å². The van der Waals surface area contributed by atoms with Crippen LogP contribution in [-0.2, 0) is 0 Å². The molecule has 2 fully saturated rings. The molecule has 4 N–H and O–H groups in total. The molecule has 0 heterocycles. The Balaban J connectivity index is 2.20. The van der Waals surface area contributed by atoms with Crippen molar-refractivity contribution in [3.63, 3.8) is 0 Å².